The van der Waals surface area contributed by atoms with Crippen molar-refractivity contribution in [3.63, 3.8) is 0 Å². The third kappa shape index (κ3) is 8.78. The summed E-state index contributed by atoms with van der Waals surface area (Å²) in [7, 11) is 1.37. The van der Waals surface area contributed by atoms with E-state index in [-0.39, 0.29) is 24.5 Å². The maximum absolute atomic E-state index is 11.4. The van der Waals surface area contributed by atoms with Gasteiger partial charge in [0.15, 0.2) is 0 Å². The SMILES string of the molecule is CCCC(=O)OC(C)C.COC(=O)Cc1ccc(-c2cnc(C3CCCCC3)s2)c(NO)c1. The molecular weight excluding hydrogens is 440 g/mol. The standard InChI is InChI=1S/C18H22N2O3S.C7H14O2/c1-23-17(21)10-12-7-8-14(15(9-12)20-22)16-11-19-18(24-16)13-5-3-2-4-6-13;1-4-5-7(8)9-6(2)3/h7-9,11,13,20,22H,2-6,10H2,1H3;6H,4-5H2,1-3H3. The van der Waals surface area contributed by atoms with Crippen LogP contribution >= 0.6 is 11.3 Å². The van der Waals surface area contributed by atoms with E-state index in [4.69, 9.17) is 4.74 Å². The maximum atomic E-state index is 11.4. The zero-order valence-corrected chi connectivity index (χ0v) is 20.9. The highest BCUT2D eigenvalue weighted by molar-refractivity contribution is 7.15. The highest BCUT2D eigenvalue weighted by Crippen LogP contribution is 2.39. The van der Waals surface area contributed by atoms with Crippen LogP contribution in [0.25, 0.3) is 10.4 Å². The normalized spacial score (nSPS) is 13.8. The summed E-state index contributed by atoms with van der Waals surface area (Å²) in [6.45, 7) is 5.67. The first-order chi connectivity index (χ1) is 15.9. The third-order valence-corrected chi connectivity index (χ3v) is 6.54. The first-order valence-electron chi connectivity index (χ1n) is 11.6. The van der Waals surface area contributed by atoms with E-state index in [1.165, 1.54) is 44.2 Å². The Bertz CT molecular complexity index is 891. The van der Waals surface area contributed by atoms with Crippen molar-refractivity contribution in [1.29, 1.82) is 0 Å². The molecule has 1 aromatic heterocycles. The van der Waals surface area contributed by atoms with E-state index in [0.717, 1.165) is 22.4 Å². The third-order valence-electron chi connectivity index (χ3n) is 5.35. The number of anilines is 1. The van der Waals surface area contributed by atoms with Gasteiger partial charge in [-0.05, 0) is 44.7 Å². The van der Waals surface area contributed by atoms with E-state index in [1.54, 1.807) is 17.4 Å². The quantitative estimate of drug-likeness (QED) is 0.350. The summed E-state index contributed by atoms with van der Waals surface area (Å²) in [4.78, 5) is 27.7. The Morgan fingerprint density at radius 1 is 1.21 bits per heavy atom. The molecule has 0 saturated heterocycles. The number of esters is 2. The van der Waals surface area contributed by atoms with E-state index < -0.39 is 0 Å². The average Bonchev–Trinajstić information content (AvgIpc) is 3.29. The second kappa shape index (κ2) is 14.0. The van der Waals surface area contributed by atoms with E-state index >= 15 is 0 Å². The highest BCUT2D eigenvalue weighted by Gasteiger charge is 2.20. The minimum atomic E-state index is -0.302. The lowest BCUT2D eigenvalue weighted by molar-refractivity contribution is -0.147. The Hall–Kier alpha value is -2.45. The van der Waals surface area contributed by atoms with Crippen LogP contribution in [-0.2, 0) is 25.5 Å². The van der Waals surface area contributed by atoms with Crippen LogP contribution < -0.4 is 5.48 Å². The highest BCUT2D eigenvalue weighted by atomic mass is 32.1. The minimum Gasteiger partial charge on any atom is -0.469 e. The number of hydrogen-bond donors (Lipinski definition) is 2. The number of carbonyl (C=O) groups excluding carboxylic acids is 2. The smallest absolute Gasteiger partial charge is 0.309 e. The van der Waals surface area contributed by atoms with E-state index in [0.29, 0.717) is 18.0 Å². The van der Waals surface area contributed by atoms with Crippen LogP contribution in [0.3, 0.4) is 0 Å². The fourth-order valence-corrected chi connectivity index (χ4v) is 4.85. The lowest BCUT2D eigenvalue weighted by Gasteiger charge is -2.18. The van der Waals surface area contributed by atoms with Gasteiger partial charge < -0.3 is 9.47 Å². The molecule has 3 rings (SSSR count). The summed E-state index contributed by atoms with van der Waals surface area (Å²) in [6.07, 6.45) is 9.83. The molecule has 1 saturated carbocycles. The fraction of sp³-hybridized carbons (Fsp3) is 0.560. The van der Waals surface area contributed by atoms with Crippen molar-refractivity contribution >= 4 is 29.0 Å². The Kier molecular flexibility index (Phi) is 11.3. The number of methoxy groups -OCH3 is 1. The number of thiazole rings is 1. The van der Waals surface area contributed by atoms with Gasteiger partial charge in [0.05, 0.1) is 35.2 Å². The van der Waals surface area contributed by atoms with Gasteiger partial charge in [0.2, 0.25) is 0 Å². The number of nitrogens with zero attached hydrogens (tertiary/aromatic N) is 1. The first-order valence-corrected chi connectivity index (χ1v) is 12.4. The molecule has 7 nitrogen and oxygen atoms in total. The van der Waals surface area contributed by atoms with E-state index in [9.17, 15) is 14.8 Å². The number of carbonyl (C=O) groups is 2. The molecule has 0 spiro atoms. The molecular formula is C25H36N2O5S. The van der Waals surface area contributed by atoms with Gasteiger partial charge in [-0.1, -0.05) is 38.3 Å². The Balaban J connectivity index is 0.000000365. The molecule has 0 bridgehead atoms. The molecule has 8 heteroatoms. The van der Waals surface area contributed by atoms with Crippen molar-refractivity contribution in [2.45, 2.75) is 84.2 Å². The molecule has 1 aliphatic carbocycles. The first kappa shape index (κ1) is 26.8. The van der Waals surface area contributed by atoms with Gasteiger partial charge in [0, 0.05) is 24.1 Å². The molecule has 0 radical (unpaired) electrons. The molecule has 2 N–H and O–H groups in total. The Labute approximate surface area is 200 Å². The van der Waals surface area contributed by atoms with Crippen LogP contribution in [0.15, 0.2) is 24.4 Å². The lowest BCUT2D eigenvalue weighted by atomic mass is 9.90. The fourth-order valence-electron chi connectivity index (χ4n) is 3.72. The summed E-state index contributed by atoms with van der Waals surface area (Å²) >= 11 is 1.69. The minimum absolute atomic E-state index is 0.0315. The zero-order valence-electron chi connectivity index (χ0n) is 20.1. The van der Waals surface area contributed by atoms with Gasteiger partial charge in [0.25, 0.3) is 0 Å². The summed E-state index contributed by atoms with van der Waals surface area (Å²) in [6, 6.07) is 5.56. The summed E-state index contributed by atoms with van der Waals surface area (Å²) in [5.74, 6) is 0.179. The summed E-state index contributed by atoms with van der Waals surface area (Å²) < 4.78 is 9.53. The molecule has 182 valence electrons. The molecule has 1 aromatic carbocycles. The van der Waals surface area contributed by atoms with Crippen molar-refractivity contribution in [2.24, 2.45) is 0 Å². The number of rotatable bonds is 8. The monoisotopic (exact) mass is 476 g/mol. The predicted molar refractivity (Wildman–Crippen MR) is 131 cm³/mol. The summed E-state index contributed by atoms with van der Waals surface area (Å²) in [5.41, 5.74) is 4.51. The second-order valence-electron chi connectivity index (χ2n) is 8.43. The van der Waals surface area contributed by atoms with Gasteiger partial charge in [-0.2, -0.15) is 0 Å². The molecule has 1 aliphatic rings. The second-order valence-corrected chi connectivity index (χ2v) is 9.49. The van der Waals surface area contributed by atoms with Gasteiger partial charge in [0.1, 0.15) is 0 Å². The van der Waals surface area contributed by atoms with E-state index in [1.807, 2.05) is 39.1 Å². The van der Waals surface area contributed by atoms with Gasteiger partial charge in [-0.25, -0.2) is 4.98 Å². The van der Waals surface area contributed by atoms with Gasteiger partial charge in [-0.15, -0.1) is 11.3 Å². The number of aromatic nitrogens is 1. The van der Waals surface area contributed by atoms with Crippen LogP contribution in [0, 0.1) is 0 Å². The van der Waals surface area contributed by atoms with Crippen LogP contribution in [0.2, 0.25) is 0 Å². The number of hydrogen-bond acceptors (Lipinski definition) is 8. The molecule has 1 fully saturated rings. The Morgan fingerprint density at radius 3 is 2.55 bits per heavy atom. The average molecular weight is 477 g/mol. The topological polar surface area (TPSA) is 97.8 Å². The molecule has 0 amide bonds. The Morgan fingerprint density at radius 2 is 1.94 bits per heavy atom. The van der Waals surface area contributed by atoms with Crippen molar-refractivity contribution in [1.82, 2.24) is 4.98 Å². The molecule has 1 heterocycles. The predicted octanol–water partition coefficient (Wildman–Crippen LogP) is 6.11. The zero-order chi connectivity index (χ0) is 24.2. The molecule has 0 atom stereocenters. The number of benzene rings is 1. The van der Waals surface area contributed by atoms with Crippen molar-refractivity contribution in [2.75, 3.05) is 12.6 Å². The number of ether oxygens (including phenoxy) is 2. The van der Waals surface area contributed by atoms with Crippen molar-refractivity contribution < 1.29 is 24.3 Å². The maximum Gasteiger partial charge on any atom is 0.309 e. The number of nitrogens with one attached hydrogen (secondary N) is 1. The van der Waals surface area contributed by atoms with Crippen molar-refractivity contribution in [3.05, 3.63) is 35.0 Å². The molecule has 2 aromatic rings. The lowest BCUT2D eigenvalue weighted by Crippen LogP contribution is -2.10. The van der Waals surface area contributed by atoms with Crippen LogP contribution in [-0.4, -0.2) is 35.3 Å². The largest absolute Gasteiger partial charge is 0.469 e. The van der Waals surface area contributed by atoms with Crippen LogP contribution in [0.5, 0.6) is 0 Å². The van der Waals surface area contributed by atoms with E-state index in [2.05, 4.69) is 15.2 Å². The van der Waals surface area contributed by atoms with Gasteiger partial charge >= 0.3 is 11.9 Å². The molecule has 0 unspecified atom stereocenters. The van der Waals surface area contributed by atoms with Crippen LogP contribution in [0.1, 0.15) is 82.2 Å². The molecule has 33 heavy (non-hydrogen) atoms. The summed E-state index contributed by atoms with van der Waals surface area (Å²) in [5, 5.41) is 10.7. The van der Waals surface area contributed by atoms with Gasteiger partial charge in [-0.3, -0.25) is 20.3 Å². The van der Waals surface area contributed by atoms with Crippen molar-refractivity contribution in [3.8, 4) is 10.4 Å². The van der Waals surface area contributed by atoms with Crippen LogP contribution in [0.4, 0.5) is 5.69 Å². The molecule has 0 aliphatic heterocycles.